The number of fused-ring (bicyclic) bond motifs is 1. The molecular formula is C14H18FN. The molecule has 3 rings (SSSR count). The van der Waals surface area contributed by atoms with Crippen LogP contribution >= 0.6 is 0 Å². The maximum Gasteiger partial charge on any atom is 0.126 e. The molecule has 0 saturated heterocycles. The first-order chi connectivity index (χ1) is 7.74. The lowest BCUT2D eigenvalue weighted by atomic mass is 9.81. The van der Waals surface area contributed by atoms with E-state index >= 15 is 0 Å². The van der Waals surface area contributed by atoms with Crippen LogP contribution in [-0.2, 0) is 6.42 Å². The number of hydrogen-bond donors (Lipinski definition) is 1. The van der Waals surface area contributed by atoms with Crippen LogP contribution in [0.25, 0.3) is 0 Å². The Bertz CT molecular complexity index is 396. The van der Waals surface area contributed by atoms with Gasteiger partial charge in [0.25, 0.3) is 0 Å². The number of nitrogens with one attached hydrogen (secondary N) is 1. The summed E-state index contributed by atoms with van der Waals surface area (Å²) in [5, 5.41) is 3.66. The Balaban J connectivity index is 1.74. The summed E-state index contributed by atoms with van der Waals surface area (Å²) in [6, 6.07) is 6.53. The summed E-state index contributed by atoms with van der Waals surface area (Å²) in [5.74, 6) is 0.842. The molecule has 1 fully saturated rings. The predicted molar refractivity (Wildman–Crippen MR) is 62.8 cm³/mol. The lowest BCUT2D eigenvalue weighted by molar-refractivity contribution is 0.222. The highest BCUT2D eigenvalue weighted by Crippen LogP contribution is 2.36. The molecule has 1 aromatic carbocycles. The zero-order chi connectivity index (χ0) is 11.1. The normalized spacial score (nSPS) is 32.2. The first-order valence-corrected chi connectivity index (χ1v) is 6.27. The Kier molecular flexibility index (Phi) is 2.47. The van der Waals surface area contributed by atoms with Gasteiger partial charge in [0.1, 0.15) is 5.82 Å². The minimum absolute atomic E-state index is 0.0243. The average molecular weight is 219 g/mol. The minimum atomic E-state index is -0.0243. The molecule has 2 heteroatoms. The molecule has 0 heterocycles. The van der Waals surface area contributed by atoms with E-state index in [2.05, 4.69) is 18.3 Å². The molecule has 1 aromatic rings. The summed E-state index contributed by atoms with van der Waals surface area (Å²) in [4.78, 5) is 0. The third-order valence-electron chi connectivity index (χ3n) is 4.02. The van der Waals surface area contributed by atoms with E-state index in [9.17, 15) is 4.39 Å². The molecule has 1 atom stereocenters. The van der Waals surface area contributed by atoms with Gasteiger partial charge in [0.15, 0.2) is 0 Å². The van der Waals surface area contributed by atoms with Gasteiger partial charge in [-0.05, 0) is 48.8 Å². The van der Waals surface area contributed by atoms with Gasteiger partial charge in [0.2, 0.25) is 0 Å². The summed E-state index contributed by atoms with van der Waals surface area (Å²) >= 11 is 0. The van der Waals surface area contributed by atoms with E-state index in [-0.39, 0.29) is 5.82 Å². The van der Waals surface area contributed by atoms with Gasteiger partial charge in [-0.3, -0.25) is 0 Å². The number of hydrogen-bond acceptors (Lipinski definition) is 1. The Labute approximate surface area is 96.1 Å². The van der Waals surface area contributed by atoms with Gasteiger partial charge >= 0.3 is 0 Å². The van der Waals surface area contributed by atoms with Crippen molar-refractivity contribution in [2.75, 3.05) is 0 Å². The molecule has 2 aliphatic carbocycles. The first kappa shape index (κ1) is 10.3. The largest absolute Gasteiger partial charge is 0.307 e. The molecular weight excluding hydrogens is 201 g/mol. The number of benzene rings is 1. The van der Waals surface area contributed by atoms with Crippen LogP contribution in [0.1, 0.15) is 43.4 Å². The van der Waals surface area contributed by atoms with Crippen molar-refractivity contribution in [3.63, 3.8) is 0 Å². The van der Waals surface area contributed by atoms with Crippen LogP contribution in [0.15, 0.2) is 18.2 Å². The van der Waals surface area contributed by atoms with Crippen molar-refractivity contribution in [1.82, 2.24) is 5.32 Å². The Hall–Kier alpha value is -0.890. The minimum Gasteiger partial charge on any atom is -0.307 e. The second kappa shape index (κ2) is 3.85. The van der Waals surface area contributed by atoms with Crippen LogP contribution in [-0.4, -0.2) is 6.04 Å². The van der Waals surface area contributed by atoms with Crippen molar-refractivity contribution >= 4 is 0 Å². The Morgan fingerprint density at radius 3 is 2.88 bits per heavy atom. The highest BCUT2D eigenvalue weighted by Gasteiger charge is 2.31. The topological polar surface area (TPSA) is 12.0 Å². The van der Waals surface area contributed by atoms with Crippen molar-refractivity contribution in [2.45, 2.75) is 44.7 Å². The summed E-state index contributed by atoms with van der Waals surface area (Å²) in [6.07, 6.45) is 4.51. The van der Waals surface area contributed by atoms with Gasteiger partial charge in [-0.1, -0.05) is 19.1 Å². The highest BCUT2D eigenvalue weighted by atomic mass is 19.1. The standard InChI is InChI=1S/C14H18FN/c1-9-7-10(8-9)16-14-6-5-11-12(14)3-2-4-13(11)15/h2-4,9-10,14,16H,5-8H2,1H3. The molecule has 1 nitrogen and oxygen atoms in total. The van der Waals surface area contributed by atoms with E-state index in [0.29, 0.717) is 12.1 Å². The van der Waals surface area contributed by atoms with Gasteiger partial charge in [-0.15, -0.1) is 0 Å². The van der Waals surface area contributed by atoms with Gasteiger partial charge in [0.05, 0.1) is 0 Å². The molecule has 86 valence electrons. The van der Waals surface area contributed by atoms with Crippen LogP contribution in [0, 0.1) is 11.7 Å². The Morgan fingerprint density at radius 1 is 1.31 bits per heavy atom. The molecule has 0 amide bonds. The lowest BCUT2D eigenvalue weighted by Gasteiger charge is -2.35. The SMILES string of the molecule is CC1CC(NC2CCc3c(F)cccc32)C1. The second-order valence-corrected chi connectivity index (χ2v) is 5.34. The van der Waals surface area contributed by atoms with Crippen LogP contribution in [0.2, 0.25) is 0 Å². The van der Waals surface area contributed by atoms with Gasteiger partial charge in [-0.2, -0.15) is 0 Å². The van der Waals surface area contributed by atoms with Crippen LogP contribution < -0.4 is 5.32 Å². The fourth-order valence-electron chi connectivity index (χ4n) is 3.11. The van der Waals surface area contributed by atoms with Crippen molar-refractivity contribution in [3.8, 4) is 0 Å². The summed E-state index contributed by atoms with van der Waals surface area (Å²) < 4.78 is 13.5. The van der Waals surface area contributed by atoms with Crippen molar-refractivity contribution in [1.29, 1.82) is 0 Å². The van der Waals surface area contributed by atoms with Crippen molar-refractivity contribution in [3.05, 3.63) is 35.1 Å². The molecule has 16 heavy (non-hydrogen) atoms. The molecule has 1 saturated carbocycles. The van der Waals surface area contributed by atoms with Gasteiger partial charge < -0.3 is 5.32 Å². The molecule has 0 aliphatic heterocycles. The molecule has 2 aliphatic rings. The lowest BCUT2D eigenvalue weighted by Crippen LogP contribution is -2.41. The summed E-state index contributed by atoms with van der Waals surface area (Å²) in [7, 11) is 0. The monoisotopic (exact) mass is 219 g/mol. The fourth-order valence-corrected chi connectivity index (χ4v) is 3.11. The highest BCUT2D eigenvalue weighted by molar-refractivity contribution is 5.35. The zero-order valence-electron chi connectivity index (χ0n) is 9.67. The van der Waals surface area contributed by atoms with E-state index < -0.39 is 0 Å². The zero-order valence-corrected chi connectivity index (χ0v) is 9.67. The molecule has 0 bridgehead atoms. The fraction of sp³-hybridized carbons (Fsp3) is 0.571. The Morgan fingerprint density at radius 2 is 2.12 bits per heavy atom. The maximum atomic E-state index is 13.5. The second-order valence-electron chi connectivity index (χ2n) is 5.34. The van der Waals surface area contributed by atoms with E-state index in [1.807, 2.05) is 6.07 Å². The number of rotatable bonds is 2. The van der Waals surface area contributed by atoms with E-state index in [4.69, 9.17) is 0 Å². The smallest absolute Gasteiger partial charge is 0.126 e. The third-order valence-corrected chi connectivity index (χ3v) is 4.02. The number of halogens is 1. The summed E-state index contributed by atoms with van der Waals surface area (Å²) in [5.41, 5.74) is 2.13. The van der Waals surface area contributed by atoms with Crippen LogP contribution in [0.4, 0.5) is 4.39 Å². The van der Waals surface area contributed by atoms with Gasteiger partial charge in [-0.25, -0.2) is 4.39 Å². The molecule has 1 unspecified atom stereocenters. The van der Waals surface area contributed by atoms with Crippen LogP contribution in [0.3, 0.4) is 0 Å². The first-order valence-electron chi connectivity index (χ1n) is 6.27. The average Bonchev–Trinajstić information content (AvgIpc) is 2.61. The van der Waals surface area contributed by atoms with Crippen molar-refractivity contribution in [2.24, 2.45) is 5.92 Å². The molecule has 1 N–H and O–H groups in total. The molecule has 0 aromatic heterocycles. The van der Waals surface area contributed by atoms with E-state index in [1.165, 1.54) is 18.4 Å². The summed E-state index contributed by atoms with van der Waals surface area (Å²) in [6.45, 7) is 2.29. The molecule has 0 spiro atoms. The quantitative estimate of drug-likeness (QED) is 0.805. The third kappa shape index (κ3) is 1.65. The van der Waals surface area contributed by atoms with E-state index in [1.54, 1.807) is 6.07 Å². The van der Waals surface area contributed by atoms with Crippen LogP contribution in [0.5, 0.6) is 0 Å². The molecule has 0 radical (unpaired) electrons. The van der Waals surface area contributed by atoms with E-state index in [0.717, 1.165) is 24.3 Å². The predicted octanol–water partition coefficient (Wildman–Crippen LogP) is 3.20. The van der Waals surface area contributed by atoms with Gasteiger partial charge in [0, 0.05) is 12.1 Å². The van der Waals surface area contributed by atoms with Crippen molar-refractivity contribution < 1.29 is 4.39 Å². The maximum absolute atomic E-state index is 13.5.